The molecule has 1 fully saturated rings. The lowest BCUT2D eigenvalue weighted by molar-refractivity contribution is -0.125. The van der Waals surface area contributed by atoms with Gasteiger partial charge in [-0.15, -0.1) is 0 Å². The Labute approximate surface area is 168 Å². The van der Waals surface area contributed by atoms with E-state index in [0.717, 1.165) is 17.5 Å². The molecule has 2 amide bonds. The first-order valence-corrected chi connectivity index (χ1v) is 9.80. The van der Waals surface area contributed by atoms with Gasteiger partial charge in [0.15, 0.2) is 0 Å². The number of anilines is 1. The highest BCUT2D eigenvalue weighted by atomic mass is 35.5. The zero-order valence-electron chi connectivity index (χ0n) is 15.6. The molecule has 1 aliphatic carbocycles. The van der Waals surface area contributed by atoms with E-state index in [-0.39, 0.29) is 23.7 Å². The maximum absolute atomic E-state index is 12.4. The van der Waals surface area contributed by atoms with Crippen LogP contribution in [0.15, 0.2) is 48.7 Å². The summed E-state index contributed by atoms with van der Waals surface area (Å²) in [4.78, 5) is 28.0. The van der Waals surface area contributed by atoms with Crippen LogP contribution in [0, 0.1) is 18.8 Å². The summed E-state index contributed by atoms with van der Waals surface area (Å²) in [6.07, 6.45) is 3.32. The Morgan fingerprint density at radius 3 is 2.79 bits per heavy atom. The highest BCUT2D eigenvalue weighted by molar-refractivity contribution is 6.31. The summed E-state index contributed by atoms with van der Waals surface area (Å²) >= 11 is 5.99. The number of carbonyl (C=O) groups excluding carboxylic acids is 2. The third kappa shape index (κ3) is 3.90. The Morgan fingerprint density at radius 1 is 1.14 bits per heavy atom. The van der Waals surface area contributed by atoms with Gasteiger partial charge in [0.1, 0.15) is 0 Å². The first-order chi connectivity index (χ1) is 13.5. The number of aromatic amines is 1. The molecule has 0 saturated heterocycles. The van der Waals surface area contributed by atoms with Gasteiger partial charge < -0.3 is 15.6 Å². The van der Waals surface area contributed by atoms with Crippen LogP contribution in [-0.4, -0.2) is 23.3 Å². The zero-order valence-corrected chi connectivity index (χ0v) is 16.3. The first-order valence-electron chi connectivity index (χ1n) is 9.42. The highest BCUT2D eigenvalue weighted by Gasteiger charge is 2.47. The monoisotopic (exact) mass is 395 g/mol. The molecule has 3 N–H and O–H groups in total. The van der Waals surface area contributed by atoms with Crippen molar-refractivity contribution in [3.8, 4) is 0 Å². The summed E-state index contributed by atoms with van der Waals surface area (Å²) in [5, 5.41) is 7.60. The fraction of sp³-hybridized carbons (Fsp3) is 0.273. The van der Waals surface area contributed by atoms with Gasteiger partial charge in [-0.3, -0.25) is 9.59 Å². The Morgan fingerprint density at radius 2 is 1.93 bits per heavy atom. The van der Waals surface area contributed by atoms with Crippen LogP contribution in [0.4, 0.5) is 5.69 Å². The van der Waals surface area contributed by atoms with Crippen molar-refractivity contribution in [3.05, 3.63) is 64.8 Å². The maximum Gasteiger partial charge on any atom is 0.228 e. The van der Waals surface area contributed by atoms with Crippen LogP contribution in [0.5, 0.6) is 0 Å². The lowest BCUT2D eigenvalue weighted by atomic mass is 10.1. The largest absolute Gasteiger partial charge is 0.361 e. The predicted molar refractivity (Wildman–Crippen MR) is 111 cm³/mol. The summed E-state index contributed by atoms with van der Waals surface area (Å²) in [6.45, 7) is 2.46. The second-order valence-electron chi connectivity index (χ2n) is 7.30. The molecule has 4 rings (SSSR count). The number of amides is 2. The molecular formula is C22H22ClN3O2. The van der Waals surface area contributed by atoms with Crippen LogP contribution in [0.2, 0.25) is 5.02 Å². The third-order valence-corrected chi connectivity index (χ3v) is 5.53. The molecule has 3 aromatic rings. The van der Waals surface area contributed by atoms with Crippen LogP contribution in [0.3, 0.4) is 0 Å². The van der Waals surface area contributed by atoms with Crippen molar-refractivity contribution in [1.29, 1.82) is 0 Å². The van der Waals surface area contributed by atoms with Gasteiger partial charge in [-0.25, -0.2) is 0 Å². The predicted octanol–water partition coefficient (Wildman–Crippen LogP) is 4.06. The van der Waals surface area contributed by atoms with Crippen molar-refractivity contribution in [2.75, 3.05) is 11.9 Å². The van der Waals surface area contributed by atoms with Gasteiger partial charge in [0.2, 0.25) is 11.8 Å². The minimum absolute atomic E-state index is 0.0530. The molecule has 0 spiro atoms. The van der Waals surface area contributed by atoms with E-state index >= 15 is 0 Å². The minimum atomic E-state index is -0.272. The Bertz CT molecular complexity index is 1040. The molecule has 1 aliphatic rings. The topological polar surface area (TPSA) is 74.0 Å². The molecule has 2 aromatic carbocycles. The quantitative estimate of drug-likeness (QED) is 0.588. The number of H-pyrrole nitrogens is 1. The molecule has 1 aromatic heterocycles. The molecule has 144 valence electrons. The number of hydrogen-bond acceptors (Lipinski definition) is 2. The normalized spacial score (nSPS) is 18.1. The number of nitrogens with one attached hydrogen (secondary N) is 3. The number of aryl methyl sites for hydroxylation is 1. The fourth-order valence-electron chi connectivity index (χ4n) is 3.52. The Balaban J connectivity index is 1.27. The van der Waals surface area contributed by atoms with E-state index in [1.807, 2.05) is 37.4 Å². The van der Waals surface area contributed by atoms with Crippen LogP contribution in [-0.2, 0) is 16.0 Å². The lowest BCUT2D eigenvalue weighted by Crippen LogP contribution is -2.29. The number of carbonyl (C=O) groups is 2. The number of hydrogen-bond donors (Lipinski definition) is 3. The molecule has 2 unspecified atom stereocenters. The molecule has 28 heavy (non-hydrogen) atoms. The van der Waals surface area contributed by atoms with Crippen molar-refractivity contribution in [2.24, 2.45) is 11.8 Å². The standard InChI is InChI=1S/C22H22ClN3O2/c1-13-6-7-15(23)10-20(13)26-22(28)18-11-17(18)21(27)24-9-8-14-12-25-19-5-3-2-4-16(14)19/h2-7,10,12,17-18,25H,8-9,11H2,1H3,(H,24,27)(H,26,28). The van der Waals surface area contributed by atoms with Gasteiger partial charge in [-0.1, -0.05) is 35.9 Å². The van der Waals surface area contributed by atoms with Crippen molar-refractivity contribution >= 4 is 40.0 Å². The summed E-state index contributed by atoms with van der Waals surface area (Å²) < 4.78 is 0. The Hall–Kier alpha value is -2.79. The molecule has 0 aliphatic heterocycles. The van der Waals surface area contributed by atoms with Crippen LogP contribution in [0.25, 0.3) is 10.9 Å². The molecule has 6 heteroatoms. The van der Waals surface area contributed by atoms with Gasteiger partial charge in [-0.2, -0.15) is 0 Å². The van der Waals surface area contributed by atoms with E-state index in [1.54, 1.807) is 12.1 Å². The number of rotatable bonds is 6. The summed E-state index contributed by atoms with van der Waals surface area (Å²) in [5.74, 6) is -0.695. The van der Waals surface area contributed by atoms with Gasteiger partial charge in [0.25, 0.3) is 0 Å². The van der Waals surface area contributed by atoms with E-state index < -0.39 is 0 Å². The summed E-state index contributed by atoms with van der Waals surface area (Å²) in [5.41, 5.74) is 3.91. The average molecular weight is 396 g/mol. The number of halogens is 1. The highest BCUT2D eigenvalue weighted by Crippen LogP contribution is 2.39. The number of fused-ring (bicyclic) bond motifs is 1. The fourth-order valence-corrected chi connectivity index (χ4v) is 3.69. The lowest BCUT2D eigenvalue weighted by Gasteiger charge is -2.09. The SMILES string of the molecule is Cc1ccc(Cl)cc1NC(=O)C1CC1C(=O)NCCc1c[nH]c2ccccc12. The van der Waals surface area contributed by atoms with E-state index in [0.29, 0.717) is 23.7 Å². The molecule has 0 bridgehead atoms. The van der Waals surface area contributed by atoms with Crippen molar-refractivity contribution < 1.29 is 9.59 Å². The van der Waals surface area contributed by atoms with Gasteiger partial charge in [-0.05, 0) is 49.1 Å². The molecule has 2 atom stereocenters. The average Bonchev–Trinajstić information content (AvgIpc) is 3.40. The number of benzene rings is 2. The number of aromatic nitrogens is 1. The second kappa shape index (κ2) is 7.68. The third-order valence-electron chi connectivity index (χ3n) is 5.29. The van der Waals surface area contributed by atoms with E-state index in [1.165, 1.54) is 10.9 Å². The van der Waals surface area contributed by atoms with Gasteiger partial charge in [0, 0.05) is 34.4 Å². The molecule has 5 nitrogen and oxygen atoms in total. The summed E-state index contributed by atoms with van der Waals surface area (Å²) in [6, 6.07) is 13.5. The van der Waals surface area contributed by atoms with Crippen molar-refractivity contribution in [2.45, 2.75) is 19.8 Å². The smallest absolute Gasteiger partial charge is 0.228 e. The number of para-hydroxylation sites is 1. The first kappa shape index (κ1) is 18.6. The van der Waals surface area contributed by atoms with Gasteiger partial charge in [0.05, 0.1) is 11.8 Å². The second-order valence-corrected chi connectivity index (χ2v) is 7.73. The summed E-state index contributed by atoms with van der Waals surface area (Å²) in [7, 11) is 0. The molecule has 1 heterocycles. The van der Waals surface area contributed by atoms with E-state index in [2.05, 4.69) is 21.7 Å². The molecular weight excluding hydrogens is 374 g/mol. The maximum atomic E-state index is 12.4. The van der Waals surface area contributed by atoms with E-state index in [9.17, 15) is 9.59 Å². The van der Waals surface area contributed by atoms with Crippen LogP contribution < -0.4 is 10.6 Å². The Kier molecular flexibility index (Phi) is 5.09. The van der Waals surface area contributed by atoms with Crippen molar-refractivity contribution in [1.82, 2.24) is 10.3 Å². The molecule has 1 saturated carbocycles. The van der Waals surface area contributed by atoms with Crippen LogP contribution >= 0.6 is 11.6 Å². The molecule has 0 radical (unpaired) electrons. The van der Waals surface area contributed by atoms with Crippen LogP contribution in [0.1, 0.15) is 17.5 Å². The zero-order chi connectivity index (χ0) is 19.7. The minimum Gasteiger partial charge on any atom is -0.361 e. The van der Waals surface area contributed by atoms with Crippen molar-refractivity contribution in [3.63, 3.8) is 0 Å². The van der Waals surface area contributed by atoms with Gasteiger partial charge >= 0.3 is 0 Å². The van der Waals surface area contributed by atoms with E-state index in [4.69, 9.17) is 11.6 Å².